The van der Waals surface area contributed by atoms with Crippen LogP contribution in [-0.4, -0.2) is 13.5 Å². The average molecular weight is 380 g/mol. The lowest BCUT2D eigenvalue weighted by molar-refractivity contribution is 0.224. The third kappa shape index (κ3) is 3.93. The normalized spacial score (nSPS) is 13.1. The molecule has 0 saturated carbocycles. The van der Waals surface area contributed by atoms with Crippen LogP contribution in [0.2, 0.25) is 0 Å². The zero-order valence-corrected chi connectivity index (χ0v) is 15.4. The summed E-state index contributed by atoms with van der Waals surface area (Å²) in [7, 11) is -3.53. The third-order valence-corrected chi connectivity index (χ3v) is 6.83. The maximum atomic E-state index is 12.3. The van der Waals surface area contributed by atoms with Gasteiger partial charge in [0.25, 0.3) is 0 Å². The van der Waals surface area contributed by atoms with Gasteiger partial charge in [-0.25, -0.2) is 13.1 Å². The van der Waals surface area contributed by atoms with Crippen LogP contribution in [0.3, 0.4) is 0 Å². The molecule has 1 unspecified atom stereocenters. The van der Waals surface area contributed by atoms with Crippen molar-refractivity contribution >= 4 is 32.7 Å². The number of aryl methyl sites for hydroxylation is 1. The minimum Gasteiger partial charge on any atom is -0.383 e. The Morgan fingerprint density at radius 2 is 1.88 bits per heavy atom. The summed E-state index contributed by atoms with van der Waals surface area (Å²) in [6.45, 7) is 2.12. The molecule has 2 N–H and O–H groups in total. The van der Waals surface area contributed by atoms with Crippen LogP contribution in [0.15, 0.2) is 58.1 Å². The first-order valence-electron chi connectivity index (χ1n) is 7.31. The summed E-state index contributed by atoms with van der Waals surface area (Å²) in [4.78, 5) is 1.91. The first kappa shape index (κ1) is 17.3. The summed E-state index contributed by atoms with van der Waals surface area (Å²) in [5.74, 6) is 0. The smallest absolute Gasteiger partial charge is 0.240 e. The molecule has 24 heavy (non-hydrogen) atoms. The highest BCUT2D eigenvalue weighted by atomic mass is 32.2. The summed E-state index contributed by atoms with van der Waals surface area (Å²) in [5.41, 5.74) is 1.87. The standard InChI is InChI=1S/C17H17NO3S3/c1-12-2-5-15(6-3-12)24(20,21)18-10-14-4-7-16(23-14)17(19)13-8-9-22-11-13/h2-9,11,17-19H,10H2,1H3. The number of aliphatic hydroxyl groups excluding tert-OH is 1. The molecule has 0 aliphatic carbocycles. The van der Waals surface area contributed by atoms with E-state index >= 15 is 0 Å². The third-order valence-electron chi connectivity index (χ3n) is 3.58. The highest BCUT2D eigenvalue weighted by Crippen LogP contribution is 2.29. The van der Waals surface area contributed by atoms with Crippen LogP contribution in [0.25, 0.3) is 0 Å². The van der Waals surface area contributed by atoms with Crippen LogP contribution in [0.4, 0.5) is 0 Å². The highest BCUT2D eigenvalue weighted by molar-refractivity contribution is 7.89. The molecule has 0 fully saturated rings. The molecule has 1 aromatic carbocycles. The highest BCUT2D eigenvalue weighted by Gasteiger charge is 2.16. The van der Waals surface area contributed by atoms with Gasteiger partial charge in [-0.3, -0.25) is 0 Å². The van der Waals surface area contributed by atoms with Gasteiger partial charge in [-0.05, 0) is 53.6 Å². The molecule has 1 atom stereocenters. The van der Waals surface area contributed by atoms with Crippen molar-refractivity contribution in [2.24, 2.45) is 0 Å². The van der Waals surface area contributed by atoms with Crippen LogP contribution in [0.5, 0.6) is 0 Å². The molecule has 0 aliphatic heterocycles. The molecule has 4 nitrogen and oxygen atoms in total. The van der Waals surface area contributed by atoms with Crippen LogP contribution in [0.1, 0.15) is 27.0 Å². The minimum atomic E-state index is -3.53. The Morgan fingerprint density at radius 1 is 1.12 bits per heavy atom. The Labute approximate surface area is 149 Å². The fourth-order valence-electron chi connectivity index (χ4n) is 2.20. The zero-order valence-electron chi connectivity index (χ0n) is 13.0. The summed E-state index contributed by atoms with van der Waals surface area (Å²) in [6, 6.07) is 12.3. The molecule has 0 spiro atoms. The molecule has 126 valence electrons. The number of rotatable bonds is 6. The molecule has 3 rings (SSSR count). The molecular weight excluding hydrogens is 362 g/mol. The second kappa shape index (κ2) is 7.16. The molecule has 0 radical (unpaired) electrons. The van der Waals surface area contributed by atoms with Crippen molar-refractivity contribution in [3.63, 3.8) is 0 Å². The maximum Gasteiger partial charge on any atom is 0.240 e. The van der Waals surface area contributed by atoms with Crippen LogP contribution >= 0.6 is 22.7 Å². The predicted octanol–water partition coefficient (Wildman–Crippen LogP) is 3.68. The molecule has 0 bridgehead atoms. The predicted molar refractivity (Wildman–Crippen MR) is 97.9 cm³/mol. The summed E-state index contributed by atoms with van der Waals surface area (Å²) in [6.07, 6.45) is -0.663. The molecule has 0 aliphatic rings. The van der Waals surface area contributed by atoms with E-state index in [4.69, 9.17) is 0 Å². The number of nitrogens with one attached hydrogen (secondary N) is 1. The second-order valence-electron chi connectivity index (χ2n) is 5.40. The number of sulfonamides is 1. The van der Waals surface area contributed by atoms with Crippen LogP contribution in [-0.2, 0) is 16.6 Å². The Balaban J connectivity index is 1.68. The van der Waals surface area contributed by atoms with Gasteiger partial charge in [0, 0.05) is 16.3 Å². The van der Waals surface area contributed by atoms with E-state index in [-0.39, 0.29) is 11.4 Å². The van der Waals surface area contributed by atoms with Gasteiger partial charge in [-0.2, -0.15) is 11.3 Å². The lowest BCUT2D eigenvalue weighted by atomic mass is 10.2. The Kier molecular flexibility index (Phi) is 5.17. The molecule has 2 aromatic heterocycles. The van der Waals surface area contributed by atoms with Crippen LogP contribution < -0.4 is 4.72 Å². The van der Waals surface area contributed by atoms with Crippen molar-refractivity contribution < 1.29 is 13.5 Å². The lowest BCUT2D eigenvalue weighted by Crippen LogP contribution is -2.22. The molecule has 7 heteroatoms. The van der Waals surface area contributed by atoms with E-state index in [0.717, 1.165) is 20.9 Å². The van der Waals surface area contributed by atoms with Gasteiger partial charge in [-0.15, -0.1) is 11.3 Å². The van der Waals surface area contributed by atoms with E-state index in [1.54, 1.807) is 24.3 Å². The molecule has 0 amide bonds. The van der Waals surface area contributed by atoms with E-state index in [2.05, 4.69) is 4.72 Å². The van der Waals surface area contributed by atoms with Crippen molar-refractivity contribution in [2.75, 3.05) is 0 Å². The molecule has 0 saturated heterocycles. The van der Waals surface area contributed by atoms with Gasteiger partial charge >= 0.3 is 0 Å². The van der Waals surface area contributed by atoms with Gasteiger partial charge in [0.1, 0.15) is 6.10 Å². The van der Waals surface area contributed by atoms with Crippen molar-refractivity contribution in [3.05, 3.63) is 74.1 Å². The van der Waals surface area contributed by atoms with Gasteiger partial charge in [0.15, 0.2) is 0 Å². The number of benzene rings is 1. The zero-order chi connectivity index (χ0) is 17.2. The molecule has 2 heterocycles. The van der Waals surface area contributed by atoms with E-state index in [1.165, 1.54) is 22.7 Å². The van der Waals surface area contributed by atoms with Crippen molar-refractivity contribution in [3.8, 4) is 0 Å². The fraction of sp³-hybridized carbons (Fsp3) is 0.176. The van der Waals surface area contributed by atoms with E-state index in [9.17, 15) is 13.5 Å². The van der Waals surface area contributed by atoms with Crippen LogP contribution in [0, 0.1) is 6.92 Å². The Hall–Kier alpha value is -1.51. The maximum absolute atomic E-state index is 12.3. The summed E-state index contributed by atoms with van der Waals surface area (Å²) in [5, 5.41) is 14.1. The molecular formula is C17H17NO3S3. The lowest BCUT2D eigenvalue weighted by Gasteiger charge is -2.07. The van der Waals surface area contributed by atoms with Crippen molar-refractivity contribution in [1.29, 1.82) is 0 Å². The summed E-state index contributed by atoms with van der Waals surface area (Å²) < 4.78 is 27.2. The van der Waals surface area contributed by atoms with Gasteiger partial charge in [0.05, 0.1) is 4.90 Å². The first-order valence-corrected chi connectivity index (χ1v) is 10.5. The van der Waals surface area contributed by atoms with E-state index in [0.29, 0.717) is 0 Å². The first-order chi connectivity index (χ1) is 11.5. The van der Waals surface area contributed by atoms with Gasteiger partial charge in [-0.1, -0.05) is 17.7 Å². The number of hydrogen-bond donors (Lipinski definition) is 2. The van der Waals surface area contributed by atoms with Gasteiger partial charge < -0.3 is 5.11 Å². The number of hydrogen-bond acceptors (Lipinski definition) is 5. The van der Waals surface area contributed by atoms with Gasteiger partial charge in [0.2, 0.25) is 10.0 Å². The largest absolute Gasteiger partial charge is 0.383 e. The Bertz CT molecular complexity index is 897. The average Bonchev–Trinajstić information content (AvgIpc) is 3.25. The summed E-state index contributed by atoms with van der Waals surface area (Å²) >= 11 is 2.94. The van der Waals surface area contributed by atoms with Crippen molar-refractivity contribution in [1.82, 2.24) is 4.72 Å². The minimum absolute atomic E-state index is 0.206. The number of thiophene rings is 2. The van der Waals surface area contributed by atoms with E-state index < -0.39 is 16.1 Å². The Morgan fingerprint density at radius 3 is 2.54 bits per heavy atom. The monoisotopic (exact) mass is 379 g/mol. The number of aliphatic hydroxyl groups is 1. The topological polar surface area (TPSA) is 66.4 Å². The quantitative estimate of drug-likeness (QED) is 0.687. The van der Waals surface area contributed by atoms with Crippen molar-refractivity contribution in [2.45, 2.75) is 24.5 Å². The SMILES string of the molecule is Cc1ccc(S(=O)(=O)NCc2ccc(C(O)c3ccsc3)s2)cc1. The van der Waals surface area contributed by atoms with E-state index in [1.807, 2.05) is 35.9 Å². The molecule has 3 aromatic rings. The fourth-order valence-corrected chi connectivity index (χ4v) is 4.94. The second-order valence-corrected chi connectivity index (χ2v) is 9.15.